The summed E-state index contributed by atoms with van der Waals surface area (Å²) in [5.74, 6) is 0.925. The third-order valence-corrected chi connectivity index (χ3v) is 3.55. The minimum atomic E-state index is -0.374. The second-order valence-corrected chi connectivity index (χ2v) is 5.20. The summed E-state index contributed by atoms with van der Waals surface area (Å²) in [7, 11) is 3.01. The van der Waals surface area contributed by atoms with Gasteiger partial charge in [0.15, 0.2) is 0 Å². The summed E-state index contributed by atoms with van der Waals surface area (Å²) in [5.41, 5.74) is 1.36. The van der Waals surface area contributed by atoms with Gasteiger partial charge in [0.05, 0.1) is 31.0 Å². The van der Waals surface area contributed by atoms with E-state index in [1.165, 1.54) is 14.2 Å². The van der Waals surface area contributed by atoms with E-state index in [0.29, 0.717) is 22.2 Å². The molecule has 0 spiro atoms. The molecule has 23 heavy (non-hydrogen) atoms. The number of methoxy groups -OCH3 is 2. The number of anilines is 1. The van der Waals surface area contributed by atoms with Crippen LogP contribution in [0.15, 0.2) is 36.7 Å². The highest BCUT2D eigenvalue weighted by atomic mass is 35.5. The molecule has 0 saturated carbocycles. The Labute approximate surface area is 139 Å². The van der Waals surface area contributed by atoms with Crippen molar-refractivity contribution >= 4 is 23.3 Å². The third-order valence-electron chi connectivity index (χ3n) is 3.25. The van der Waals surface area contributed by atoms with E-state index in [0.717, 1.165) is 5.56 Å². The summed E-state index contributed by atoms with van der Waals surface area (Å²) in [6, 6.07) is 6.33. The molecule has 0 aliphatic carbocycles. The van der Waals surface area contributed by atoms with Gasteiger partial charge < -0.3 is 20.1 Å². The standard InChI is InChI=1S/C16H18ClN3O3/c1-10(11-5-4-6-18-9-11)19-16(21)20-13-7-12(17)14(22-2)8-15(13)23-3/h4-10H,1-3H3,(H2,19,20,21)/t10-/m0/s1. The molecular formula is C16H18ClN3O3. The van der Waals surface area contributed by atoms with Gasteiger partial charge in [-0.2, -0.15) is 0 Å². The molecule has 122 valence electrons. The molecule has 2 aromatic rings. The van der Waals surface area contributed by atoms with Crippen molar-refractivity contribution in [2.75, 3.05) is 19.5 Å². The van der Waals surface area contributed by atoms with Gasteiger partial charge in [-0.05, 0) is 24.6 Å². The number of ether oxygens (including phenoxy) is 2. The van der Waals surface area contributed by atoms with E-state index in [2.05, 4.69) is 15.6 Å². The number of halogens is 1. The van der Waals surface area contributed by atoms with Crippen LogP contribution >= 0.6 is 11.6 Å². The van der Waals surface area contributed by atoms with Gasteiger partial charge in [0.1, 0.15) is 11.5 Å². The average Bonchev–Trinajstić information content (AvgIpc) is 2.55. The van der Waals surface area contributed by atoms with Crippen LogP contribution in [0.1, 0.15) is 18.5 Å². The Morgan fingerprint density at radius 1 is 1.26 bits per heavy atom. The van der Waals surface area contributed by atoms with Crippen molar-refractivity contribution in [2.45, 2.75) is 13.0 Å². The van der Waals surface area contributed by atoms with Gasteiger partial charge in [0.25, 0.3) is 0 Å². The Balaban J connectivity index is 2.09. The first-order valence-corrected chi connectivity index (χ1v) is 7.32. The number of hydrogen-bond acceptors (Lipinski definition) is 4. The molecule has 0 aliphatic heterocycles. The molecule has 1 atom stereocenters. The Bertz CT molecular complexity index is 680. The van der Waals surface area contributed by atoms with Gasteiger partial charge in [0.2, 0.25) is 0 Å². The van der Waals surface area contributed by atoms with Crippen molar-refractivity contribution in [1.82, 2.24) is 10.3 Å². The first-order valence-electron chi connectivity index (χ1n) is 6.94. The van der Waals surface area contributed by atoms with Crippen LogP contribution in [-0.4, -0.2) is 25.2 Å². The van der Waals surface area contributed by atoms with Crippen LogP contribution in [0.4, 0.5) is 10.5 Å². The van der Waals surface area contributed by atoms with Crippen molar-refractivity contribution in [1.29, 1.82) is 0 Å². The van der Waals surface area contributed by atoms with Crippen LogP contribution in [0.3, 0.4) is 0 Å². The van der Waals surface area contributed by atoms with Crippen LogP contribution in [-0.2, 0) is 0 Å². The fraction of sp³-hybridized carbons (Fsp3) is 0.250. The van der Waals surface area contributed by atoms with Gasteiger partial charge in [-0.1, -0.05) is 17.7 Å². The lowest BCUT2D eigenvalue weighted by Crippen LogP contribution is -2.31. The van der Waals surface area contributed by atoms with Crippen LogP contribution in [0, 0.1) is 0 Å². The zero-order valence-corrected chi connectivity index (χ0v) is 13.8. The highest BCUT2D eigenvalue weighted by molar-refractivity contribution is 6.32. The largest absolute Gasteiger partial charge is 0.495 e. The van der Waals surface area contributed by atoms with Crippen molar-refractivity contribution in [3.05, 3.63) is 47.2 Å². The fourth-order valence-electron chi connectivity index (χ4n) is 2.03. The van der Waals surface area contributed by atoms with Crippen LogP contribution in [0.2, 0.25) is 5.02 Å². The van der Waals surface area contributed by atoms with Crippen molar-refractivity contribution < 1.29 is 14.3 Å². The number of carbonyl (C=O) groups excluding carboxylic acids is 1. The van der Waals surface area contributed by atoms with Gasteiger partial charge in [0, 0.05) is 18.5 Å². The zero-order valence-electron chi connectivity index (χ0n) is 13.1. The molecule has 1 aromatic heterocycles. The molecule has 2 rings (SSSR count). The molecule has 0 unspecified atom stereocenters. The molecule has 0 aliphatic rings. The number of nitrogens with zero attached hydrogens (tertiary/aromatic N) is 1. The summed E-state index contributed by atoms with van der Waals surface area (Å²) in [6.07, 6.45) is 3.39. The molecule has 1 heterocycles. The quantitative estimate of drug-likeness (QED) is 0.875. The van der Waals surface area contributed by atoms with E-state index in [1.807, 2.05) is 19.1 Å². The molecular weight excluding hydrogens is 318 g/mol. The van der Waals surface area contributed by atoms with Crippen LogP contribution < -0.4 is 20.1 Å². The first kappa shape index (κ1) is 16.9. The van der Waals surface area contributed by atoms with E-state index in [1.54, 1.807) is 24.5 Å². The number of rotatable bonds is 5. The van der Waals surface area contributed by atoms with Crippen LogP contribution in [0.5, 0.6) is 11.5 Å². The molecule has 7 heteroatoms. The highest BCUT2D eigenvalue weighted by Crippen LogP contribution is 2.35. The lowest BCUT2D eigenvalue weighted by molar-refractivity contribution is 0.249. The maximum Gasteiger partial charge on any atom is 0.319 e. The molecule has 0 fully saturated rings. The number of aromatic nitrogens is 1. The van der Waals surface area contributed by atoms with E-state index in [4.69, 9.17) is 21.1 Å². The fourth-order valence-corrected chi connectivity index (χ4v) is 2.27. The van der Waals surface area contributed by atoms with E-state index in [9.17, 15) is 4.79 Å². The molecule has 0 saturated heterocycles. The minimum Gasteiger partial charge on any atom is -0.495 e. The predicted molar refractivity (Wildman–Crippen MR) is 89.4 cm³/mol. The topological polar surface area (TPSA) is 72.5 Å². The lowest BCUT2D eigenvalue weighted by Gasteiger charge is -2.17. The minimum absolute atomic E-state index is 0.191. The van der Waals surface area contributed by atoms with Crippen molar-refractivity contribution in [2.24, 2.45) is 0 Å². The zero-order chi connectivity index (χ0) is 16.8. The van der Waals surface area contributed by atoms with Crippen molar-refractivity contribution in [3.8, 4) is 11.5 Å². The Hall–Kier alpha value is -2.47. The highest BCUT2D eigenvalue weighted by Gasteiger charge is 2.14. The number of benzene rings is 1. The average molecular weight is 336 g/mol. The smallest absolute Gasteiger partial charge is 0.319 e. The second-order valence-electron chi connectivity index (χ2n) is 4.79. The van der Waals surface area contributed by atoms with Gasteiger partial charge in [-0.15, -0.1) is 0 Å². The summed E-state index contributed by atoms with van der Waals surface area (Å²) in [4.78, 5) is 16.2. The summed E-state index contributed by atoms with van der Waals surface area (Å²) >= 11 is 6.08. The molecule has 0 bridgehead atoms. The predicted octanol–water partition coefficient (Wildman–Crippen LogP) is 3.63. The number of nitrogens with one attached hydrogen (secondary N) is 2. The SMILES string of the molecule is COc1cc(OC)c(NC(=O)N[C@@H](C)c2cccnc2)cc1Cl. The van der Waals surface area contributed by atoms with Crippen molar-refractivity contribution in [3.63, 3.8) is 0 Å². The Morgan fingerprint density at radius 2 is 2.00 bits per heavy atom. The molecule has 6 nitrogen and oxygen atoms in total. The molecule has 2 amide bonds. The lowest BCUT2D eigenvalue weighted by atomic mass is 10.1. The summed E-state index contributed by atoms with van der Waals surface area (Å²) in [5, 5.41) is 5.92. The second kappa shape index (κ2) is 7.69. The number of hydrogen-bond donors (Lipinski definition) is 2. The normalized spacial score (nSPS) is 11.5. The maximum atomic E-state index is 12.2. The summed E-state index contributed by atoms with van der Waals surface area (Å²) in [6.45, 7) is 1.87. The summed E-state index contributed by atoms with van der Waals surface area (Å²) < 4.78 is 10.4. The van der Waals surface area contributed by atoms with E-state index < -0.39 is 0 Å². The Kier molecular flexibility index (Phi) is 5.65. The molecule has 0 radical (unpaired) electrons. The van der Waals surface area contributed by atoms with E-state index in [-0.39, 0.29) is 12.1 Å². The third kappa shape index (κ3) is 4.26. The number of pyridine rings is 1. The Morgan fingerprint density at radius 3 is 2.61 bits per heavy atom. The first-order chi connectivity index (χ1) is 11.0. The van der Waals surface area contributed by atoms with Gasteiger partial charge >= 0.3 is 6.03 Å². The monoisotopic (exact) mass is 335 g/mol. The number of urea groups is 1. The maximum absolute atomic E-state index is 12.2. The molecule has 1 aromatic carbocycles. The van der Waals surface area contributed by atoms with Gasteiger partial charge in [-0.25, -0.2) is 4.79 Å². The van der Waals surface area contributed by atoms with E-state index >= 15 is 0 Å². The number of amides is 2. The van der Waals surface area contributed by atoms with Crippen LogP contribution in [0.25, 0.3) is 0 Å². The molecule has 2 N–H and O–H groups in total. The number of carbonyl (C=O) groups is 1. The van der Waals surface area contributed by atoms with Gasteiger partial charge in [-0.3, -0.25) is 4.98 Å².